The maximum absolute atomic E-state index is 13.3. The molecule has 0 bridgehead atoms. The number of amides is 1. The molecule has 0 aromatic heterocycles. The van der Waals surface area contributed by atoms with Crippen LogP contribution in [0, 0.1) is 17.8 Å². The molecule has 0 aliphatic heterocycles. The van der Waals surface area contributed by atoms with Crippen molar-refractivity contribution in [2.24, 2.45) is 17.8 Å². The summed E-state index contributed by atoms with van der Waals surface area (Å²) in [6, 6.07) is 0. The SMILES string of the molecule is CC.CC(C)OC(C)(C)COC(C)CC(=O)NC(COCCC(=O)C(C)C)(COCCC(=O)C(C)C)COCCC(=O)C(C)C. The first-order chi connectivity index (χ1) is 20.9. The zero-order chi connectivity index (χ0) is 35.2. The van der Waals surface area contributed by atoms with Crippen LogP contribution in [0.2, 0.25) is 0 Å². The van der Waals surface area contributed by atoms with Gasteiger partial charge in [-0.15, -0.1) is 0 Å². The molecule has 0 saturated heterocycles. The standard InChI is InChI=1S/C33H61NO9.C2H6/c1-23(2)28(35)12-15-39-20-33(21-40-16-13-29(36)24(3)4,22-41-17-14-30(37)25(5)6)34-31(38)18-27(9)42-19-32(10,11)43-26(7)8;1-2/h23-27H,12-22H2,1-11H3,(H,34,38);1-2H3. The maximum atomic E-state index is 13.3. The topological polar surface area (TPSA) is 126 Å². The molecule has 0 radical (unpaired) electrons. The fourth-order valence-electron chi connectivity index (χ4n) is 4.10. The van der Waals surface area contributed by atoms with Crippen molar-refractivity contribution in [3.63, 3.8) is 0 Å². The van der Waals surface area contributed by atoms with Crippen molar-refractivity contribution in [3.05, 3.63) is 0 Å². The highest BCUT2D eigenvalue weighted by Crippen LogP contribution is 2.16. The van der Waals surface area contributed by atoms with Crippen LogP contribution in [0.4, 0.5) is 0 Å². The Kier molecular flexibility index (Phi) is 24.7. The van der Waals surface area contributed by atoms with E-state index in [9.17, 15) is 19.2 Å². The first kappa shape index (κ1) is 45.4. The molecule has 0 heterocycles. The number of rotatable bonds is 26. The molecule has 0 aromatic rings. The van der Waals surface area contributed by atoms with Crippen LogP contribution >= 0.6 is 0 Å². The third-order valence-electron chi connectivity index (χ3n) is 6.69. The van der Waals surface area contributed by atoms with Crippen LogP contribution in [0.15, 0.2) is 0 Å². The van der Waals surface area contributed by atoms with Gasteiger partial charge in [-0.2, -0.15) is 0 Å². The molecule has 10 nitrogen and oxygen atoms in total. The van der Waals surface area contributed by atoms with E-state index in [0.29, 0.717) is 6.61 Å². The van der Waals surface area contributed by atoms with Crippen LogP contribution < -0.4 is 5.32 Å². The Balaban J connectivity index is 0. The molecule has 0 aromatic carbocycles. The highest BCUT2D eigenvalue weighted by molar-refractivity contribution is 5.81. The van der Waals surface area contributed by atoms with Crippen LogP contribution in [0.5, 0.6) is 0 Å². The van der Waals surface area contributed by atoms with Crippen LogP contribution in [0.3, 0.4) is 0 Å². The van der Waals surface area contributed by atoms with Crippen LogP contribution in [-0.2, 0) is 42.9 Å². The number of hydrogen-bond donors (Lipinski definition) is 1. The van der Waals surface area contributed by atoms with Gasteiger partial charge in [-0.1, -0.05) is 55.4 Å². The zero-order valence-corrected chi connectivity index (χ0v) is 30.8. The Hall–Kier alpha value is -1.72. The van der Waals surface area contributed by atoms with Gasteiger partial charge in [-0.3, -0.25) is 19.2 Å². The monoisotopic (exact) mass is 645 g/mol. The molecule has 1 N–H and O–H groups in total. The lowest BCUT2D eigenvalue weighted by Crippen LogP contribution is -2.59. The predicted octanol–water partition coefficient (Wildman–Crippen LogP) is 5.76. The average molecular weight is 646 g/mol. The molecule has 0 aliphatic rings. The Labute approximate surface area is 274 Å². The number of hydrogen-bond acceptors (Lipinski definition) is 9. The van der Waals surface area contributed by atoms with Gasteiger partial charge < -0.3 is 29.0 Å². The van der Waals surface area contributed by atoms with Crippen molar-refractivity contribution in [1.82, 2.24) is 5.32 Å². The van der Waals surface area contributed by atoms with Gasteiger partial charge in [-0.25, -0.2) is 0 Å². The Morgan fingerprint density at radius 1 is 0.600 bits per heavy atom. The summed E-state index contributed by atoms with van der Waals surface area (Å²) in [5.41, 5.74) is -1.62. The van der Waals surface area contributed by atoms with E-state index in [-0.39, 0.29) is 112 Å². The van der Waals surface area contributed by atoms with Crippen LogP contribution in [0.1, 0.15) is 116 Å². The molecule has 0 aliphatic carbocycles. The number of nitrogens with one attached hydrogen (secondary N) is 1. The van der Waals surface area contributed by atoms with Crippen molar-refractivity contribution >= 4 is 23.3 Å². The smallest absolute Gasteiger partial charge is 0.223 e. The second-order valence-corrected chi connectivity index (χ2v) is 13.4. The van der Waals surface area contributed by atoms with E-state index in [1.54, 1.807) is 0 Å². The molecule has 1 amide bonds. The fraction of sp³-hybridized carbons (Fsp3) is 0.886. The Bertz CT molecular complexity index is 768. The molecule has 1 unspecified atom stereocenters. The summed E-state index contributed by atoms with van der Waals surface area (Å²) >= 11 is 0. The third kappa shape index (κ3) is 23.3. The quantitative estimate of drug-likeness (QED) is 0.117. The second kappa shape index (κ2) is 24.5. The Morgan fingerprint density at radius 3 is 1.27 bits per heavy atom. The summed E-state index contributed by atoms with van der Waals surface area (Å²) in [5.74, 6) is -0.358. The summed E-state index contributed by atoms with van der Waals surface area (Å²) in [5, 5.41) is 3.04. The fourth-order valence-corrected chi connectivity index (χ4v) is 4.10. The largest absolute Gasteiger partial charge is 0.378 e. The number of carbonyl (C=O) groups excluding carboxylic acids is 4. The van der Waals surface area contributed by atoms with Gasteiger partial charge in [-0.05, 0) is 34.6 Å². The average Bonchev–Trinajstić information content (AvgIpc) is 2.94. The van der Waals surface area contributed by atoms with Crippen molar-refractivity contribution in [2.45, 2.75) is 139 Å². The van der Waals surface area contributed by atoms with Gasteiger partial charge in [0, 0.05) is 37.0 Å². The van der Waals surface area contributed by atoms with Crippen LogP contribution in [-0.4, -0.2) is 92.9 Å². The van der Waals surface area contributed by atoms with E-state index in [1.807, 2.05) is 90.0 Å². The second-order valence-electron chi connectivity index (χ2n) is 13.4. The summed E-state index contributed by atoms with van der Waals surface area (Å²) < 4.78 is 29.6. The van der Waals surface area contributed by atoms with Gasteiger partial charge in [0.1, 0.15) is 22.9 Å². The maximum Gasteiger partial charge on any atom is 0.223 e. The summed E-state index contributed by atoms with van der Waals surface area (Å²) in [7, 11) is 0. The van der Waals surface area contributed by atoms with Crippen LogP contribution in [0.25, 0.3) is 0 Å². The molecular formula is C35H67NO9. The van der Waals surface area contributed by atoms with Gasteiger partial charge in [0.2, 0.25) is 5.91 Å². The zero-order valence-electron chi connectivity index (χ0n) is 30.8. The first-order valence-corrected chi connectivity index (χ1v) is 16.8. The molecule has 45 heavy (non-hydrogen) atoms. The van der Waals surface area contributed by atoms with Gasteiger partial charge in [0.05, 0.1) is 70.5 Å². The lowest BCUT2D eigenvalue weighted by atomic mass is 10.0. The van der Waals surface area contributed by atoms with Crippen molar-refractivity contribution in [1.29, 1.82) is 0 Å². The minimum Gasteiger partial charge on any atom is -0.378 e. The van der Waals surface area contributed by atoms with E-state index < -0.39 is 17.2 Å². The molecular weight excluding hydrogens is 578 g/mol. The van der Waals surface area contributed by atoms with E-state index in [0.717, 1.165) is 0 Å². The van der Waals surface area contributed by atoms with E-state index in [2.05, 4.69) is 5.32 Å². The van der Waals surface area contributed by atoms with Gasteiger partial charge >= 0.3 is 0 Å². The third-order valence-corrected chi connectivity index (χ3v) is 6.69. The molecule has 266 valence electrons. The van der Waals surface area contributed by atoms with Gasteiger partial charge in [0.25, 0.3) is 0 Å². The number of Topliss-reactive ketones (excluding diaryl/α,β-unsaturated/α-hetero) is 3. The molecule has 0 fully saturated rings. The molecule has 1 atom stereocenters. The summed E-state index contributed by atoms with van der Waals surface area (Å²) in [6.45, 7) is 25.6. The van der Waals surface area contributed by atoms with E-state index >= 15 is 0 Å². The Morgan fingerprint density at radius 2 is 0.956 bits per heavy atom. The lowest BCUT2D eigenvalue weighted by molar-refractivity contribution is -0.137. The highest BCUT2D eigenvalue weighted by Gasteiger charge is 2.35. The minimum atomic E-state index is -1.11. The van der Waals surface area contributed by atoms with Crippen molar-refractivity contribution in [2.75, 3.05) is 46.2 Å². The molecule has 0 spiro atoms. The number of carbonyl (C=O) groups is 4. The molecule has 0 saturated carbocycles. The molecule has 0 rings (SSSR count). The number of ether oxygens (including phenoxy) is 5. The highest BCUT2D eigenvalue weighted by atomic mass is 16.6. The molecule has 10 heteroatoms. The van der Waals surface area contributed by atoms with Crippen molar-refractivity contribution in [3.8, 4) is 0 Å². The van der Waals surface area contributed by atoms with E-state index in [1.165, 1.54) is 0 Å². The normalized spacial score (nSPS) is 12.8. The lowest BCUT2D eigenvalue weighted by Gasteiger charge is -2.35. The predicted molar refractivity (Wildman–Crippen MR) is 178 cm³/mol. The first-order valence-electron chi connectivity index (χ1n) is 16.8. The van der Waals surface area contributed by atoms with Crippen molar-refractivity contribution < 1.29 is 42.9 Å². The summed E-state index contributed by atoms with van der Waals surface area (Å²) in [4.78, 5) is 49.7. The van der Waals surface area contributed by atoms with Gasteiger partial charge in [0.15, 0.2) is 0 Å². The number of ketones is 3. The minimum absolute atomic E-state index is 0.0187. The van der Waals surface area contributed by atoms with E-state index in [4.69, 9.17) is 23.7 Å². The summed E-state index contributed by atoms with van der Waals surface area (Å²) in [6.07, 6.45) is 0.451.